The first-order valence-electron chi connectivity index (χ1n) is 19.7. The van der Waals surface area contributed by atoms with Crippen LogP contribution >= 0.6 is 0 Å². The van der Waals surface area contributed by atoms with Gasteiger partial charge in [0.05, 0.1) is 35.5 Å². The highest BCUT2D eigenvalue weighted by Crippen LogP contribution is 2.37. The van der Waals surface area contributed by atoms with E-state index in [0.717, 1.165) is 79.4 Å². The third kappa shape index (κ3) is 7.37. The summed E-state index contributed by atoms with van der Waals surface area (Å²) in [4.78, 5) is 71.9. The summed E-state index contributed by atoms with van der Waals surface area (Å²) < 4.78 is 7.70. The fourth-order valence-corrected chi connectivity index (χ4v) is 9.05. The van der Waals surface area contributed by atoms with Crippen molar-refractivity contribution >= 4 is 51.8 Å². The SMILES string of the molecule is COc1cc2nn(C3CCC(CN(C)C4CCC(Nc5cccc6c5C(=O)N(C5CCC(=O)NC5=O)C6=O)CC4)CC3)cc2cc1NC(=O)c1cccc(C)n1. The van der Waals surface area contributed by atoms with E-state index in [-0.39, 0.29) is 24.8 Å². The first-order chi connectivity index (χ1) is 27.1. The monoisotopic (exact) mass is 760 g/mol. The fraction of sp³-hybridized carbons (Fsp3) is 0.452. The Balaban J connectivity index is 0.826. The van der Waals surface area contributed by atoms with Gasteiger partial charge in [-0.25, -0.2) is 4.98 Å². The van der Waals surface area contributed by atoms with Crippen LogP contribution in [0.1, 0.15) is 107 Å². The second-order valence-corrected chi connectivity index (χ2v) is 15.8. The molecule has 56 heavy (non-hydrogen) atoms. The second kappa shape index (κ2) is 15.5. The molecule has 5 amide bonds. The summed E-state index contributed by atoms with van der Waals surface area (Å²) in [5.74, 6) is -1.11. The molecule has 292 valence electrons. The van der Waals surface area contributed by atoms with Gasteiger partial charge in [0.2, 0.25) is 11.8 Å². The number of anilines is 2. The first kappa shape index (κ1) is 37.3. The van der Waals surface area contributed by atoms with Crippen molar-refractivity contribution in [1.82, 2.24) is 29.9 Å². The normalized spacial score (nSPS) is 24.0. The molecule has 0 radical (unpaired) electrons. The molecule has 3 fully saturated rings. The number of aryl methyl sites for hydroxylation is 1. The standard InChI is InChI=1S/C42H48N8O6/c1-24-6-4-9-32(43-24)39(52)45-34-20-26-23-49(47-33(26)21-36(34)56-3)29-14-10-25(11-15-29)22-48(2)28-16-12-27(13-17-28)44-31-8-5-7-30-38(31)42(55)50(41(30)54)35-18-19-37(51)46-40(35)53/h4-9,20-21,23,25,27-29,35,44H,10-19,22H2,1-3H3,(H,45,52)(H,46,51,53). The maximum absolute atomic E-state index is 13.6. The summed E-state index contributed by atoms with van der Waals surface area (Å²) in [6.07, 6.45) is 10.6. The minimum absolute atomic E-state index is 0.0896. The van der Waals surface area contributed by atoms with Crippen molar-refractivity contribution in [2.75, 3.05) is 31.3 Å². The van der Waals surface area contributed by atoms with Gasteiger partial charge in [-0.15, -0.1) is 0 Å². The number of nitrogens with one attached hydrogen (secondary N) is 3. The number of carbonyl (C=O) groups is 5. The Labute approximate surface area is 325 Å². The van der Waals surface area contributed by atoms with Crippen molar-refractivity contribution in [1.29, 1.82) is 0 Å². The van der Waals surface area contributed by atoms with E-state index < -0.39 is 29.7 Å². The van der Waals surface area contributed by atoms with Crippen molar-refractivity contribution in [3.8, 4) is 5.75 Å². The zero-order chi connectivity index (χ0) is 39.1. The zero-order valence-electron chi connectivity index (χ0n) is 32.0. The molecule has 2 aromatic heterocycles. The lowest BCUT2D eigenvalue weighted by molar-refractivity contribution is -0.136. The average Bonchev–Trinajstić information content (AvgIpc) is 3.72. The molecule has 4 aromatic rings. The van der Waals surface area contributed by atoms with Crippen LogP contribution in [-0.2, 0) is 9.59 Å². The smallest absolute Gasteiger partial charge is 0.274 e. The van der Waals surface area contributed by atoms with E-state index in [9.17, 15) is 24.0 Å². The van der Waals surface area contributed by atoms with Gasteiger partial charge in [-0.3, -0.25) is 38.9 Å². The fourth-order valence-electron chi connectivity index (χ4n) is 9.05. The zero-order valence-corrected chi connectivity index (χ0v) is 32.0. The third-order valence-electron chi connectivity index (χ3n) is 12.1. The average molecular weight is 761 g/mol. The van der Waals surface area contributed by atoms with Crippen molar-refractivity contribution in [2.24, 2.45) is 5.92 Å². The van der Waals surface area contributed by atoms with Crippen LogP contribution in [0.4, 0.5) is 11.4 Å². The third-order valence-corrected chi connectivity index (χ3v) is 12.1. The van der Waals surface area contributed by atoms with E-state index in [1.807, 2.05) is 37.3 Å². The number of carbonyl (C=O) groups excluding carboxylic acids is 5. The number of methoxy groups -OCH3 is 1. The summed E-state index contributed by atoms with van der Waals surface area (Å²) in [5.41, 5.74) is 3.75. The Bertz CT molecular complexity index is 2200. The highest BCUT2D eigenvalue weighted by molar-refractivity contribution is 6.25. The number of piperidine rings is 1. The Morgan fingerprint density at radius 2 is 1.70 bits per heavy atom. The van der Waals surface area contributed by atoms with Crippen LogP contribution in [0.3, 0.4) is 0 Å². The molecular weight excluding hydrogens is 713 g/mol. The summed E-state index contributed by atoms with van der Waals surface area (Å²) in [5, 5.41) is 14.6. The second-order valence-electron chi connectivity index (χ2n) is 15.8. The minimum Gasteiger partial charge on any atom is -0.494 e. The number of amides is 5. The highest BCUT2D eigenvalue weighted by atomic mass is 16.5. The van der Waals surface area contributed by atoms with Crippen LogP contribution in [0.25, 0.3) is 10.9 Å². The predicted octanol–water partition coefficient (Wildman–Crippen LogP) is 5.49. The molecule has 4 aliphatic rings. The molecule has 14 nitrogen and oxygen atoms in total. The van der Waals surface area contributed by atoms with E-state index in [2.05, 4.69) is 43.8 Å². The van der Waals surface area contributed by atoms with Gasteiger partial charge in [0, 0.05) is 54.1 Å². The quantitative estimate of drug-likeness (QED) is 0.176. The number of hydrogen-bond donors (Lipinski definition) is 3. The maximum Gasteiger partial charge on any atom is 0.274 e. The van der Waals surface area contributed by atoms with E-state index in [0.29, 0.717) is 51.9 Å². The van der Waals surface area contributed by atoms with Gasteiger partial charge < -0.3 is 20.3 Å². The van der Waals surface area contributed by atoms with E-state index in [4.69, 9.17) is 9.84 Å². The molecule has 8 rings (SSSR count). The Morgan fingerprint density at radius 3 is 2.43 bits per heavy atom. The van der Waals surface area contributed by atoms with Gasteiger partial charge in [0.1, 0.15) is 17.5 Å². The largest absolute Gasteiger partial charge is 0.494 e. The highest BCUT2D eigenvalue weighted by Gasteiger charge is 2.46. The molecule has 4 heterocycles. The molecule has 0 spiro atoms. The van der Waals surface area contributed by atoms with Gasteiger partial charge in [0.25, 0.3) is 17.7 Å². The molecule has 3 N–H and O–H groups in total. The number of hydrogen-bond acceptors (Lipinski definition) is 10. The molecule has 14 heteroatoms. The van der Waals surface area contributed by atoms with Crippen LogP contribution in [0.15, 0.2) is 54.7 Å². The van der Waals surface area contributed by atoms with Crippen LogP contribution in [-0.4, -0.2) is 92.9 Å². The van der Waals surface area contributed by atoms with Crippen LogP contribution < -0.4 is 20.7 Å². The molecule has 2 aliphatic carbocycles. The summed E-state index contributed by atoms with van der Waals surface area (Å²) in [6, 6.07) is 14.3. The number of ether oxygens (including phenoxy) is 1. The van der Waals surface area contributed by atoms with E-state index >= 15 is 0 Å². The van der Waals surface area contributed by atoms with Crippen molar-refractivity contribution in [3.63, 3.8) is 0 Å². The molecule has 2 aliphatic heterocycles. The van der Waals surface area contributed by atoms with Gasteiger partial charge in [-0.1, -0.05) is 12.1 Å². The predicted molar refractivity (Wildman–Crippen MR) is 210 cm³/mol. The lowest BCUT2D eigenvalue weighted by Gasteiger charge is -2.38. The number of rotatable bonds is 10. The molecule has 1 unspecified atom stereocenters. The number of aromatic nitrogens is 3. The van der Waals surface area contributed by atoms with Gasteiger partial charge in [-0.2, -0.15) is 5.10 Å². The van der Waals surface area contributed by atoms with Crippen molar-refractivity contribution in [2.45, 2.75) is 95.3 Å². The Hall–Kier alpha value is -5.63. The molecule has 1 atom stereocenters. The topological polar surface area (TPSA) is 168 Å². The molecular formula is C42H48N8O6. The minimum atomic E-state index is -0.983. The van der Waals surface area contributed by atoms with Gasteiger partial charge >= 0.3 is 0 Å². The number of imide groups is 2. The van der Waals surface area contributed by atoms with Crippen LogP contribution in [0, 0.1) is 12.8 Å². The number of fused-ring (bicyclic) bond motifs is 2. The van der Waals surface area contributed by atoms with Crippen LogP contribution in [0.2, 0.25) is 0 Å². The summed E-state index contributed by atoms with van der Waals surface area (Å²) in [7, 11) is 3.82. The van der Waals surface area contributed by atoms with E-state index in [1.165, 1.54) is 0 Å². The molecule has 0 bridgehead atoms. The van der Waals surface area contributed by atoms with Gasteiger partial charge in [0.15, 0.2) is 0 Å². The number of benzene rings is 2. The molecule has 2 aromatic carbocycles. The molecule has 2 saturated carbocycles. The number of nitrogens with zero attached hydrogens (tertiary/aromatic N) is 5. The maximum atomic E-state index is 13.6. The lowest BCUT2D eigenvalue weighted by atomic mass is 9.84. The Kier molecular flexibility index (Phi) is 10.3. The lowest BCUT2D eigenvalue weighted by Crippen LogP contribution is -2.54. The summed E-state index contributed by atoms with van der Waals surface area (Å²) in [6.45, 7) is 2.90. The van der Waals surface area contributed by atoms with Gasteiger partial charge in [-0.05, 0) is 108 Å². The number of pyridine rings is 1. The van der Waals surface area contributed by atoms with Crippen LogP contribution in [0.5, 0.6) is 5.75 Å². The Morgan fingerprint density at radius 1 is 0.929 bits per heavy atom. The summed E-state index contributed by atoms with van der Waals surface area (Å²) >= 11 is 0. The van der Waals surface area contributed by atoms with Crippen molar-refractivity contribution in [3.05, 3.63) is 77.2 Å². The first-order valence-corrected chi connectivity index (χ1v) is 19.7. The van der Waals surface area contributed by atoms with Crippen molar-refractivity contribution < 1.29 is 28.7 Å². The van der Waals surface area contributed by atoms with E-state index in [1.54, 1.807) is 25.3 Å². The molecule has 1 saturated heterocycles.